The van der Waals surface area contributed by atoms with E-state index in [4.69, 9.17) is 10.5 Å². The molecule has 0 aromatic heterocycles. The fraction of sp³-hybridized carbons (Fsp3) is 0.235. The van der Waals surface area contributed by atoms with Crippen LogP contribution in [0.25, 0.3) is 0 Å². The van der Waals surface area contributed by atoms with Gasteiger partial charge in [0.1, 0.15) is 5.75 Å². The number of fused-ring (bicyclic) bond motifs is 1. The van der Waals surface area contributed by atoms with Crippen LogP contribution in [-0.2, 0) is 0 Å². The van der Waals surface area contributed by atoms with Crippen LogP contribution in [0.2, 0.25) is 0 Å². The smallest absolute Gasteiger partial charge is 0.254 e. The van der Waals surface area contributed by atoms with Crippen molar-refractivity contribution >= 4 is 11.6 Å². The molecule has 0 saturated heterocycles. The van der Waals surface area contributed by atoms with Gasteiger partial charge in [0.15, 0.2) is 0 Å². The van der Waals surface area contributed by atoms with Crippen molar-refractivity contribution in [3.8, 4) is 5.75 Å². The predicted octanol–water partition coefficient (Wildman–Crippen LogP) is 2.83. The standard InChI is InChI=1S/C17H18N2O2/c1-11-5-4-7-13(18)16(11)17(20)19-14-9-10-21-15-8-3-2-6-12(14)15/h2-8,14H,9-10,18H2,1H3,(H,19,20). The van der Waals surface area contributed by atoms with Crippen molar-refractivity contribution in [3.63, 3.8) is 0 Å². The average Bonchev–Trinajstić information content (AvgIpc) is 2.47. The molecule has 0 radical (unpaired) electrons. The van der Waals surface area contributed by atoms with Crippen molar-refractivity contribution in [2.75, 3.05) is 12.3 Å². The van der Waals surface area contributed by atoms with E-state index in [2.05, 4.69) is 5.32 Å². The number of ether oxygens (including phenoxy) is 1. The molecule has 0 fully saturated rings. The summed E-state index contributed by atoms with van der Waals surface area (Å²) < 4.78 is 5.61. The summed E-state index contributed by atoms with van der Waals surface area (Å²) in [6.45, 7) is 2.49. The van der Waals surface area contributed by atoms with E-state index in [1.807, 2.05) is 43.3 Å². The summed E-state index contributed by atoms with van der Waals surface area (Å²) in [6.07, 6.45) is 0.758. The van der Waals surface area contributed by atoms with E-state index >= 15 is 0 Å². The van der Waals surface area contributed by atoms with Gasteiger partial charge in [0.2, 0.25) is 0 Å². The van der Waals surface area contributed by atoms with Crippen molar-refractivity contribution in [2.45, 2.75) is 19.4 Å². The third kappa shape index (κ3) is 2.57. The largest absolute Gasteiger partial charge is 0.493 e. The number of nitrogen functional groups attached to an aromatic ring is 1. The number of carbonyl (C=O) groups is 1. The van der Waals surface area contributed by atoms with E-state index in [0.29, 0.717) is 17.9 Å². The molecule has 108 valence electrons. The topological polar surface area (TPSA) is 64.4 Å². The first-order chi connectivity index (χ1) is 10.2. The van der Waals surface area contributed by atoms with Gasteiger partial charge < -0.3 is 15.8 Å². The minimum absolute atomic E-state index is 0.0403. The monoisotopic (exact) mass is 282 g/mol. The molecule has 4 nitrogen and oxygen atoms in total. The van der Waals surface area contributed by atoms with Crippen LogP contribution in [0.1, 0.15) is 33.9 Å². The van der Waals surface area contributed by atoms with E-state index in [1.165, 1.54) is 0 Å². The number of para-hydroxylation sites is 1. The van der Waals surface area contributed by atoms with Gasteiger partial charge in [-0.1, -0.05) is 30.3 Å². The third-order valence-corrected chi connectivity index (χ3v) is 3.80. The maximum absolute atomic E-state index is 12.5. The van der Waals surface area contributed by atoms with Gasteiger partial charge in [-0.2, -0.15) is 0 Å². The molecule has 1 aliphatic heterocycles. The van der Waals surface area contributed by atoms with Crippen molar-refractivity contribution in [1.29, 1.82) is 0 Å². The van der Waals surface area contributed by atoms with Crippen molar-refractivity contribution in [1.82, 2.24) is 5.32 Å². The lowest BCUT2D eigenvalue weighted by Gasteiger charge is -2.27. The molecule has 3 N–H and O–H groups in total. The quantitative estimate of drug-likeness (QED) is 0.832. The Kier molecular flexibility index (Phi) is 3.52. The highest BCUT2D eigenvalue weighted by Gasteiger charge is 2.24. The van der Waals surface area contributed by atoms with Gasteiger partial charge in [-0.15, -0.1) is 0 Å². The molecule has 1 aliphatic rings. The highest BCUT2D eigenvalue weighted by Crippen LogP contribution is 2.32. The first-order valence-electron chi connectivity index (χ1n) is 7.04. The number of benzene rings is 2. The number of hydrogen-bond acceptors (Lipinski definition) is 3. The van der Waals surface area contributed by atoms with Crippen LogP contribution in [0.5, 0.6) is 5.75 Å². The fourth-order valence-corrected chi connectivity index (χ4v) is 2.72. The lowest BCUT2D eigenvalue weighted by atomic mass is 9.99. The molecule has 0 aliphatic carbocycles. The second-order valence-electron chi connectivity index (χ2n) is 5.24. The van der Waals surface area contributed by atoms with Crippen molar-refractivity contribution in [2.24, 2.45) is 0 Å². The van der Waals surface area contributed by atoms with Gasteiger partial charge in [-0.3, -0.25) is 4.79 Å². The molecule has 1 amide bonds. The molecule has 1 heterocycles. The molecule has 0 saturated carbocycles. The molecule has 0 spiro atoms. The van der Waals surface area contributed by atoms with E-state index in [1.54, 1.807) is 6.07 Å². The summed E-state index contributed by atoms with van der Waals surface area (Å²) in [6, 6.07) is 13.3. The maximum atomic E-state index is 12.5. The van der Waals surface area contributed by atoms with Crippen molar-refractivity contribution in [3.05, 3.63) is 59.2 Å². The van der Waals surface area contributed by atoms with Crippen LogP contribution in [-0.4, -0.2) is 12.5 Å². The van der Waals surface area contributed by atoms with Crippen LogP contribution < -0.4 is 15.8 Å². The SMILES string of the molecule is Cc1cccc(N)c1C(=O)NC1CCOc2ccccc21. The summed E-state index contributed by atoms with van der Waals surface area (Å²) in [7, 11) is 0. The van der Waals surface area contributed by atoms with Crippen LogP contribution in [0.4, 0.5) is 5.69 Å². The molecule has 1 unspecified atom stereocenters. The molecule has 0 bridgehead atoms. The van der Waals surface area contributed by atoms with Crippen molar-refractivity contribution < 1.29 is 9.53 Å². The number of carbonyl (C=O) groups excluding carboxylic acids is 1. The zero-order chi connectivity index (χ0) is 14.8. The highest BCUT2D eigenvalue weighted by molar-refractivity contribution is 6.00. The van der Waals surface area contributed by atoms with Gasteiger partial charge in [0.05, 0.1) is 18.2 Å². The number of rotatable bonds is 2. The summed E-state index contributed by atoms with van der Waals surface area (Å²) in [5.74, 6) is 0.708. The average molecular weight is 282 g/mol. The van der Waals surface area contributed by atoms with Gasteiger partial charge in [0.25, 0.3) is 5.91 Å². The minimum Gasteiger partial charge on any atom is -0.493 e. The number of hydrogen-bond donors (Lipinski definition) is 2. The second-order valence-corrected chi connectivity index (χ2v) is 5.24. The Morgan fingerprint density at radius 3 is 2.86 bits per heavy atom. The first-order valence-corrected chi connectivity index (χ1v) is 7.04. The zero-order valence-corrected chi connectivity index (χ0v) is 11.9. The summed E-state index contributed by atoms with van der Waals surface area (Å²) >= 11 is 0. The number of anilines is 1. The minimum atomic E-state index is -0.132. The summed E-state index contributed by atoms with van der Waals surface area (Å²) in [5, 5.41) is 3.07. The first kappa shape index (κ1) is 13.5. The Hall–Kier alpha value is -2.49. The fourth-order valence-electron chi connectivity index (χ4n) is 2.72. The van der Waals surface area contributed by atoms with Crippen LogP contribution in [0.15, 0.2) is 42.5 Å². The molecule has 3 rings (SSSR count). The lowest BCUT2D eigenvalue weighted by molar-refractivity contribution is 0.0925. The Bertz CT molecular complexity index is 662. The van der Waals surface area contributed by atoms with Gasteiger partial charge >= 0.3 is 0 Å². The predicted molar refractivity (Wildman–Crippen MR) is 82.4 cm³/mol. The van der Waals surface area contributed by atoms with Crippen LogP contribution in [0, 0.1) is 6.92 Å². The Labute approximate surface area is 123 Å². The molecule has 2 aromatic rings. The third-order valence-electron chi connectivity index (χ3n) is 3.80. The van der Waals surface area contributed by atoms with E-state index in [0.717, 1.165) is 23.3 Å². The molecule has 4 heteroatoms. The van der Waals surface area contributed by atoms with E-state index in [-0.39, 0.29) is 11.9 Å². The number of nitrogens with two attached hydrogens (primary N) is 1. The van der Waals surface area contributed by atoms with Crippen LogP contribution in [0.3, 0.4) is 0 Å². The van der Waals surface area contributed by atoms with E-state index in [9.17, 15) is 4.79 Å². The highest BCUT2D eigenvalue weighted by atomic mass is 16.5. The van der Waals surface area contributed by atoms with Gasteiger partial charge in [0, 0.05) is 17.7 Å². The Morgan fingerprint density at radius 1 is 1.24 bits per heavy atom. The second kappa shape index (κ2) is 5.48. The number of amides is 1. The maximum Gasteiger partial charge on any atom is 0.254 e. The lowest BCUT2D eigenvalue weighted by Crippen LogP contribution is -2.33. The summed E-state index contributed by atoms with van der Waals surface area (Å²) in [4.78, 5) is 12.5. The van der Waals surface area contributed by atoms with E-state index < -0.39 is 0 Å². The molecule has 21 heavy (non-hydrogen) atoms. The zero-order valence-electron chi connectivity index (χ0n) is 11.9. The summed E-state index contributed by atoms with van der Waals surface area (Å²) in [5.41, 5.74) is 8.90. The Balaban J connectivity index is 1.86. The molecule has 2 aromatic carbocycles. The molecule has 1 atom stereocenters. The molecular weight excluding hydrogens is 264 g/mol. The van der Waals surface area contributed by atoms with Crippen LogP contribution >= 0.6 is 0 Å². The Morgan fingerprint density at radius 2 is 2.05 bits per heavy atom. The molecular formula is C17H18N2O2. The van der Waals surface area contributed by atoms with Gasteiger partial charge in [-0.25, -0.2) is 0 Å². The number of aryl methyl sites for hydroxylation is 1. The van der Waals surface area contributed by atoms with Gasteiger partial charge in [-0.05, 0) is 24.6 Å². The normalized spacial score (nSPS) is 16.7. The number of nitrogens with one attached hydrogen (secondary N) is 1.